The van der Waals surface area contributed by atoms with Gasteiger partial charge in [-0.3, -0.25) is 14.5 Å². The maximum Gasteiger partial charge on any atom is 0.295 e. The zero-order valence-electron chi connectivity index (χ0n) is 18.4. The van der Waals surface area contributed by atoms with Crippen molar-refractivity contribution in [2.24, 2.45) is 0 Å². The maximum atomic E-state index is 13.1. The molecule has 1 aromatic heterocycles. The summed E-state index contributed by atoms with van der Waals surface area (Å²) in [6.45, 7) is 6.33. The fourth-order valence-corrected chi connectivity index (χ4v) is 5.16. The van der Waals surface area contributed by atoms with Crippen molar-refractivity contribution in [3.8, 4) is 5.75 Å². The molecule has 170 valence electrons. The Morgan fingerprint density at radius 3 is 2.66 bits per heavy atom. The van der Waals surface area contributed by atoms with Gasteiger partial charge in [0.2, 0.25) is 0 Å². The number of carbonyl (C=O) groups is 2. The molecule has 3 heterocycles. The molecule has 2 aromatic rings. The molecule has 0 spiro atoms. The normalized spacial score (nSPS) is 21.3. The van der Waals surface area contributed by atoms with Gasteiger partial charge in [0.15, 0.2) is 0 Å². The van der Waals surface area contributed by atoms with Crippen LogP contribution in [0.4, 0.5) is 0 Å². The number of benzene rings is 1. The van der Waals surface area contributed by atoms with Crippen LogP contribution in [0.5, 0.6) is 5.75 Å². The van der Waals surface area contributed by atoms with Crippen molar-refractivity contribution in [3.05, 3.63) is 57.3 Å². The van der Waals surface area contributed by atoms with Crippen LogP contribution < -0.4 is 4.74 Å². The Hall–Kier alpha value is -2.68. The number of methoxy groups -OCH3 is 1. The van der Waals surface area contributed by atoms with E-state index in [-0.39, 0.29) is 11.3 Å². The number of aliphatic hydroxyl groups is 1. The van der Waals surface area contributed by atoms with Gasteiger partial charge in [0.1, 0.15) is 11.5 Å². The van der Waals surface area contributed by atoms with Crippen molar-refractivity contribution in [1.82, 2.24) is 9.80 Å². The van der Waals surface area contributed by atoms with Crippen LogP contribution >= 0.6 is 11.3 Å². The van der Waals surface area contributed by atoms with Gasteiger partial charge in [-0.2, -0.15) is 0 Å². The van der Waals surface area contributed by atoms with Crippen molar-refractivity contribution in [2.75, 3.05) is 46.5 Å². The molecule has 0 bridgehead atoms. The molecule has 1 aromatic carbocycles. The van der Waals surface area contributed by atoms with Gasteiger partial charge in [0.25, 0.3) is 11.7 Å². The van der Waals surface area contributed by atoms with Gasteiger partial charge in [-0.15, -0.1) is 11.3 Å². The number of nitrogens with zero attached hydrogens (tertiary/aromatic N) is 2. The summed E-state index contributed by atoms with van der Waals surface area (Å²) in [5.41, 5.74) is 1.45. The van der Waals surface area contributed by atoms with Crippen LogP contribution in [0.1, 0.15) is 28.5 Å². The molecule has 1 unspecified atom stereocenters. The highest BCUT2D eigenvalue weighted by Crippen LogP contribution is 2.41. The number of hydrogen-bond donors (Lipinski definition) is 1. The fourth-order valence-electron chi connectivity index (χ4n) is 4.32. The largest absolute Gasteiger partial charge is 0.507 e. The van der Waals surface area contributed by atoms with Crippen LogP contribution in [0.25, 0.3) is 5.76 Å². The fraction of sp³-hybridized carbons (Fsp3) is 0.417. The lowest BCUT2D eigenvalue weighted by atomic mass is 9.97. The minimum Gasteiger partial charge on any atom is -0.507 e. The molecule has 1 amide bonds. The summed E-state index contributed by atoms with van der Waals surface area (Å²) in [6.07, 6.45) is 0.747. The third-order valence-electron chi connectivity index (χ3n) is 6.02. The molecule has 8 heteroatoms. The second-order valence-corrected chi connectivity index (χ2v) is 8.98. The van der Waals surface area contributed by atoms with E-state index in [2.05, 4.69) is 4.90 Å². The molecule has 2 fully saturated rings. The SMILES string of the molecule is COc1ccc(/C(O)=C2\C(=O)C(=O)N(CCCN3CCOCC3)C2c2cccs2)c(C)c1. The van der Waals surface area contributed by atoms with Crippen molar-refractivity contribution in [1.29, 1.82) is 0 Å². The summed E-state index contributed by atoms with van der Waals surface area (Å²) in [4.78, 5) is 30.9. The van der Waals surface area contributed by atoms with Crippen LogP contribution in [-0.2, 0) is 14.3 Å². The van der Waals surface area contributed by atoms with E-state index in [0.29, 0.717) is 17.9 Å². The third-order valence-corrected chi connectivity index (χ3v) is 6.94. The van der Waals surface area contributed by atoms with Crippen LogP contribution in [0.2, 0.25) is 0 Å². The number of aryl methyl sites for hydroxylation is 1. The summed E-state index contributed by atoms with van der Waals surface area (Å²) in [6, 6.07) is 8.48. The van der Waals surface area contributed by atoms with Crippen molar-refractivity contribution >= 4 is 28.8 Å². The lowest BCUT2D eigenvalue weighted by molar-refractivity contribution is -0.140. The molecule has 0 radical (unpaired) electrons. The topological polar surface area (TPSA) is 79.3 Å². The average Bonchev–Trinajstić information content (AvgIpc) is 3.42. The molecule has 0 saturated carbocycles. The summed E-state index contributed by atoms with van der Waals surface area (Å²) < 4.78 is 10.6. The number of hydrogen-bond acceptors (Lipinski definition) is 7. The quantitative estimate of drug-likeness (QED) is 0.392. The summed E-state index contributed by atoms with van der Waals surface area (Å²) >= 11 is 1.48. The Bertz CT molecular complexity index is 1010. The molecular formula is C24H28N2O5S. The lowest BCUT2D eigenvalue weighted by Crippen LogP contribution is -2.38. The summed E-state index contributed by atoms with van der Waals surface area (Å²) in [7, 11) is 1.58. The number of carbonyl (C=O) groups excluding carboxylic acids is 2. The molecular weight excluding hydrogens is 428 g/mol. The number of Topliss-reactive ketones (excluding diaryl/α,β-unsaturated/α-hetero) is 1. The number of amides is 1. The lowest BCUT2D eigenvalue weighted by Gasteiger charge is -2.28. The van der Waals surface area contributed by atoms with E-state index in [1.165, 1.54) is 11.3 Å². The highest BCUT2D eigenvalue weighted by Gasteiger charge is 2.46. The monoisotopic (exact) mass is 456 g/mol. The predicted molar refractivity (Wildman–Crippen MR) is 123 cm³/mol. The highest BCUT2D eigenvalue weighted by molar-refractivity contribution is 7.10. The molecule has 2 saturated heterocycles. The molecule has 2 aliphatic rings. The van der Waals surface area contributed by atoms with Crippen molar-refractivity contribution in [2.45, 2.75) is 19.4 Å². The standard InChI is InChI=1S/C24H28N2O5S/c1-16-15-17(30-2)6-7-18(16)22(27)20-21(19-5-3-14-32-19)26(24(29)23(20)28)9-4-8-25-10-12-31-13-11-25/h3,5-7,14-15,21,27H,4,8-13H2,1-2H3/b22-20+. The molecule has 4 rings (SSSR count). The van der Waals surface area contributed by atoms with E-state index >= 15 is 0 Å². The van der Waals surface area contributed by atoms with E-state index in [4.69, 9.17) is 9.47 Å². The summed E-state index contributed by atoms with van der Waals surface area (Å²) in [5.74, 6) is -0.671. The second kappa shape index (κ2) is 9.85. The van der Waals surface area contributed by atoms with Crippen LogP contribution in [0.3, 0.4) is 0 Å². The smallest absolute Gasteiger partial charge is 0.295 e. The zero-order chi connectivity index (χ0) is 22.7. The van der Waals surface area contributed by atoms with E-state index in [9.17, 15) is 14.7 Å². The number of aliphatic hydroxyl groups excluding tert-OH is 1. The number of ether oxygens (including phenoxy) is 2. The highest BCUT2D eigenvalue weighted by atomic mass is 32.1. The maximum absolute atomic E-state index is 13.1. The van der Waals surface area contributed by atoms with Gasteiger partial charge >= 0.3 is 0 Å². The Kier molecular flexibility index (Phi) is 6.93. The van der Waals surface area contributed by atoms with Crippen molar-refractivity contribution in [3.63, 3.8) is 0 Å². The molecule has 1 atom stereocenters. The van der Waals surface area contributed by atoms with E-state index < -0.39 is 17.7 Å². The van der Waals surface area contributed by atoms with E-state index in [0.717, 1.165) is 49.7 Å². The molecule has 32 heavy (non-hydrogen) atoms. The van der Waals surface area contributed by atoms with Crippen LogP contribution in [0.15, 0.2) is 41.3 Å². The van der Waals surface area contributed by atoms with Crippen LogP contribution in [0, 0.1) is 6.92 Å². The third kappa shape index (κ3) is 4.44. The minimum atomic E-state index is -0.637. The second-order valence-electron chi connectivity index (χ2n) is 8.00. The number of morpholine rings is 1. The molecule has 1 N–H and O–H groups in total. The molecule has 2 aliphatic heterocycles. The van der Waals surface area contributed by atoms with Crippen molar-refractivity contribution < 1.29 is 24.2 Å². The molecule has 7 nitrogen and oxygen atoms in total. The Morgan fingerprint density at radius 1 is 1.22 bits per heavy atom. The predicted octanol–water partition coefficient (Wildman–Crippen LogP) is 3.21. The first-order valence-corrected chi connectivity index (χ1v) is 11.7. The zero-order valence-corrected chi connectivity index (χ0v) is 19.2. The van der Waals surface area contributed by atoms with Gasteiger partial charge in [0.05, 0.1) is 31.9 Å². The first kappa shape index (κ1) is 22.5. The number of thiophene rings is 1. The first-order chi connectivity index (χ1) is 15.5. The van der Waals surface area contributed by atoms with Gasteiger partial charge in [-0.05, 0) is 48.6 Å². The average molecular weight is 457 g/mol. The Labute approximate surface area is 191 Å². The number of likely N-dealkylation sites (tertiary alicyclic amines) is 1. The first-order valence-electron chi connectivity index (χ1n) is 10.8. The van der Waals surface area contributed by atoms with E-state index in [1.807, 2.05) is 24.4 Å². The minimum absolute atomic E-state index is 0.141. The summed E-state index contributed by atoms with van der Waals surface area (Å²) in [5, 5.41) is 13.1. The van der Waals surface area contributed by atoms with Gasteiger partial charge in [-0.25, -0.2) is 0 Å². The Balaban J connectivity index is 1.64. The van der Waals surface area contributed by atoms with Crippen LogP contribution in [-0.4, -0.2) is 73.1 Å². The van der Waals surface area contributed by atoms with Gasteiger partial charge in [0, 0.05) is 36.6 Å². The Morgan fingerprint density at radius 2 is 2.00 bits per heavy atom. The number of ketones is 1. The number of rotatable bonds is 7. The molecule has 0 aliphatic carbocycles. The van der Waals surface area contributed by atoms with E-state index in [1.54, 1.807) is 30.2 Å². The van der Waals surface area contributed by atoms with Gasteiger partial charge < -0.3 is 19.5 Å². The van der Waals surface area contributed by atoms with Gasteiger partial charge in [-0.1, -0.05) is 6.07 Å².